The Hall–Kier alpha value is -2.93. The smallest absolute Gasteiger partial charge is 0.412 e. The summed E-state index contributed by atoms with van der Waals surface area (Å²) in [5.74, 6) is 0.194. The Morgan fingerprint density at radius 3 is 2.30 bits per heavy atom. The van der Waals surface area contributed by atoms with Crippen LogP contribution in [-0.4, -0.2) is 43.9 Å². The SMILES string of the molecule is CCC1CN(C(=O)c2c(OC)ccc(Cl)c2OC)c2cc(C)c(C)cc2N1C(=O)O. The maximum Gasteiger partial charge on any atom is 0.412 e. The highest BCUT2D eigenvalue weighted by molar-refractivity contribution is 6.33. The minimum atomic E-state index is -1.05. The van der Waals surface area contributed by atoms with E-state index in [4.69, 9.17) is 21.1 Å². The Kier molecular flexibility index (Phi) is 6.12. The Bertz CT molecular complexity index is 1010. The molecule has 3 rings (SSSR count). The molecule has 0 aromatic heterocycles. The Labute approximate surface area is 180 Å². The van der Waals surface area contributed by atoms with Crippen LogP contribution >= 0.6 is 11.6 Å². The minimum absolute atomic E-state index is 0.204. The molecule has 0 spiro atoms. The molecule has 2 aromatic carbocycles. The molecule has 30 heavy (non-hydrogen) atoms. The quantitative estimate of drug-likeness (QED) is 0.743. The van der Waals surface area contributed by atoms with Crippen LogP contribution in [0, 0.1) is 13.8 Å². The normalized spacial score (nSPS) is 15.6. The number of anilines is 2. The largest absolute Gasteiger partial charge is 0.496 e. The number of rotatable bonds is 4. The molecule has 160 valence electrons. The molecule has 0 radical (unpaired) electrons. The fraction of sp³-hybridized carbons (Fsp3) is 0.364. The van der Waals surface area contributed by atoms with E-state index < -0.39 is 12.1 Å². The molecule has 2 aromatic rings. The van der Waals surface area contributed by atoms with Gasteiger partial charge in [0.05, 0.1) is 36.7 Å². The van der Waals surface area contributed by atoms with E-state index in [0.717, 1.165) is 11.1 Å². The third kappa shape index (κ3) is 3.54. The van der Waals surface area contributed by atoms with Crippen molar-refractivity contribution >= 4 is 35.0 Å². The van der Waals surface area contributed by atoms with E-state index in [2.05, 4.69) is 0 Å². The molecule has 0 aliphatic carbocycles. The number of hydrogen-bond donors (Lipinski definition) is 1. The molecular formula is C22H25ClN2O5. The Morgan fingerprint density at radius 1 is 1.13 bits per heavy atom. The Balaban J connectivity index is 2.24. The first kappa shape index (κ1) is 21.8. The van der Waals surface area contributed by atoms with Crippen LogP contribution in [0.15, 0.2) is 24.3 Å². The zero-order chi connectivity index (χ0) is 22.2. The molecule has 0 bridgehead atoms. The monoisotopic (exact) mass is 432 g/mol. The molecule has 1 unspecified atom stereocenters. The van der Waals surface area contributed by atoms with Crippen LogP contribution in [0.2, 0.25) is 5.02 Å². The van der Waals surface area contributed by atoms with Gasteiger partial charge in [0.15, 0.2) is 5.75 Å². The summed E-state index contributed by atoms with van der Waals surface area (Å²) in [5.41, 5.74) is 3.12. The second kappa shape index (κ2) is 8.44. The van der Waals surface area contributed by atoms with Gasteiger partial charge in [0.2, 0.25) is 0 Å². The third-order valence-corrected chi connectivity index (χ3v) is 5.83. The predicted molar refractivity (Wildman–Crippen MR) is 117 cm³/mol. The highest BCUT2D eigenvalue weighted by atomic mass is 35.5. The van der Waals surface area contributed by atoms with Gasteiger partial charge >= 0.3 is 6.09 Å². The van der Waals surface area contributed by atoms with E-state index in [1.165, 1.54) is 19.1 Å². The summed E-state index contributed by atoms with van der Waals surface area (Å²) in [5, 5.41) is 10.1. The van der Waals surface area contributed by atoms with Gasteiger partial charge in [0.25, 0.3) is 5.91 Å². The fourth-order valence-corrected chi connectivity index (χ4v) is 4.03. The van der Waals surface area contributed by atoms with Crippen molar-refractivity contribution in [3.8, 4) is 11.5 Å². The number of fused-ring (bicyclic) bond motifs is 1. The standard InChI is InChI=1S/C22H25ClN2O5/c1-6-14-11-24(16-9-12(2)13(3)10-17(16)25(14)22(27)28)21(26)19-18(29-4)8-7-15(23)20(19)30-5/h7-10,14H,6,11H2,1-5H3,(H,27,28). The first-order valence-corrected chi connectivity index (χ1v) is 9.98. The van der Waals surface area contributed by atoms with Crippen LogP contribution in [-0.2, 0) is 0 Å². The molecule has 1 aliphatic heterocycles. The second-order valence-electron chi connectivity index (χ2n) is 7.21. The van der Waals surface area contributed by atoms with Crippen molar-refractivity contribution in [2.75, 3.05) is 30.6 Å². The van der Waals surface area contributed by atoms with Gasteiger partial charge in [-0.15, -0.1) is 0 Å². The summed E-state index contributed by atoms with van der Waals surface area (Å²) < 4.78 is 10.8. The number of benzene rings is 2. The summed E-state index contributed by atoms with van der Waals surface area (Å²) in [6.07, 6.45) is -0.497. The van der Waals surface area contributed by atoms with Crippen molar-refractivity contribution in [1.29, 1.82) is 0 Å². The van der Waals surface area contributed by atoms with E-state index in [0.29, 0.717) is 23.5 Å². The van der Waals surface area contributed by atoms with Gasteiger partial charge in [-0.1, -0.05) is 18.5 Å². The zero-order valence-corrected chi connectivity index (χ0v) is 18.4. The van der Waals surface area contributed by atoms with Gasteiger partial charge in [-0.05, 0) is 55.7 Å². The average Bonchev–Trinajstić information content (AvgIpc) is 2.72. The number of aryl methyl sites for hydroxylation is 2. The number of halogens is 1. The van der Waals surface area contributed by atoms with Crippen molar-refractivity contribution in [2.45, 2.75) is 33.2 Å². The lowest BCUT2D eigenvalue weighted by Crippen LogP contribution is -2.52. The first-order chi connectivity index (χ1) is 14.2. The molecule has 7 nitrogen and oxygen atoms in total. The highest BCUT2D eigenvalue weighted by Crippen LogP contribution is 2.42. The number of hydrogen-bond acceptors (Lipinski definition) is 4. The molecule has 0 fully saturated rings. The van der Waals surface area contributed by atoms with E-state index in [1.54, 1.807) is 17.0 Å². The van der Waals surface area contributed by atoms with Crippen LogP contribution < -0.4 is 19.3 Å². The van der Waals surface area contributed by atoms with Gasteiger partial charge < -0.3 is 19.5 Å². The van der Waals surface area contributed by atoms with Crippen LogP contribution in [0.3, 0.4) is 0 Å². The van der Waals surface area contributed by atoms with Crippen molar-refractivity contribution in [2.24, 2.45) is 0 Å². The summed E-state index contributed by atoms with van der Waals surface area (Å²) in [6.45, 7) is 5.95. The van der Waals surface area contributed by atoms with Gasteiger partial charge in [-0.25, -0.2) is 4.79 Å². The summed E-state index contributed by atoms with van der Waals surface area (Å²) in [4.78, 5) is 28.7. The van der Waals surface area contributed by atoms with Crippen LogP contribution in [0.1, 0.15) is 34.8 Å². The van der Waals surface area contributed by atoms with E-state index in [9.17, 15) is 14.7 Å². The van der Waals surface area contributed by atoms with E-state index >= 15 is 0 Å². The third-order valence-electron chi connectivity index (χ3n) is 5.53. The number of carbonyl (C=O) groups excluding carboxylic acids is 1. The number of carboxylic acid groups (broad SMARTS) is 1. The summed E-state index contributed by atoms with van der Waals surface area (Å²) >= 11 is 6.27. The maximum absolute atomic E-state index is 13.7. The molecule has 8 heteroatoms. The van der Waals surface area contributed by atoms with Crippen LogP contribution in [0.5, 0.6) is 11.5 Å². The highest BCUT2D eigenvalue weighted by Gasteiger charge is 2.38. The molecule has 0 saturated heterocycles. The topological polar surface area (TPSA) is 79.3 Å². The molecule has 1 atom stereocenters. The summed E-state index contributed by atoms with van der Waals surface area (Å²) in [6, 6.07) is 6.48. The number of carbonyl (C=O) groups is 2. The lowest BCUT2D eigenvalue weighted by Gasteiger charge is -2.41. The minimum Gasteiger partial charge on any atom is -0.496 e. The van der Waals surface area contributed by atoms with Crippen molar-refractivity contribution in [3.63, 3.8) is 0 Å². The lowest BCUT2D eigenvalue weighted by molar-refractivity contribution is 0.0976. The van der Waals surface area contributed by atoms with Crippen molar-refractivity contribution in [3.05, 3.63) is 46.0 Å². The summed E-state index contributed by atoms with van der Waals surface area (Å²) in [7, 11) is 2.91. The maximum atomic E-state index is 13.7. The first-order valence-electron chi connectivity index (χ1n) is 9.60. The molecular weight excluding hydrogens is 408 g/mol. The van der Waals surface area contributed by atoms with Crippen molar-refractivity contribution in [1.82, 2.24) is 0 Å². The molecule has 0 saturated carbocycles. The second-order valence-corrected chi connectivity index (χ2v) is 7.62. The van der Waals surface area contributed by atoms with Crippen molar-refractivity contribution < 1.29 is 24.2 Å². The molecule has 2 amide bonds. The average molecular weight is 433 g/mol. The van der Waals surface area contributed by atoms with Crippen LogP contribution in [0.4, 0.5) is 16.2 Å². The molecule has 1 N–H and O–H groups in total. The molecule has 1 aliphatic rings. The predicted octanol–water partition coefficient (Wildman–Crippen LogP) is 4.90. The van der Waals surface area contributed by atoms with Gasteiger partial charge in [-0.2, -0.15) is 0 Å². The Morgan fingerprint density at radius 2 is 1.77 bits per heavy atom. The van der Waals surface area contributed by atoms with E-state index in [-0.39, 0.29) is 28.8 Å². The number of ether oxygens (including phenoxy) is 2. The fourth-order valence-electron chi connectivity index (χ4n) is 3.79. The van der Waals surface area contributed by atoms with Crippen LogP contribution in [0.25, 0.3) is 0 Å². The molecule has 1 heterocycles. The zero-order valence-electron chi connectivity index (χ0n) is 17.7. The van der Waals surface area contributed by atoms with Gasteiger partial charge in [0, 0.05) is 6.54 Å². The van der Waals surface area contributed by atoms with Gasteiger partial charge in [0.1, 0.15) is 11.3 Å². The lowest BCUT2D eigenvalue weighted by atomic mass is 9.99. The number of methoxy groups -OCH3 is 2. The van der Waals surface area contributed by atoms with E-state index in [1.807, 2.05) is 32.9 Å². The number of amides is 2. The van der Waals surface area contributed by atoms with Gasteiger partial charge in [-0.3, -0.25) is 9.69 Å². The number of nitrogens with zero attached hydrogens (tertiary/aromatic N) is 2.